The minimum Gasteiger partial charge on any atom is -0.463 e. The van der Waals surface area contributed by atoms with Crippen LogP contribution in [0, 0.1) is 0 Å². The molecule has 0 spiro atoms. The van der Waals surface area contributed by atoms with Crippen LogP contribution in [-0.2, 0) is 19.9 Å². The van der Waals surface area contributed by atoms with Crippen molar-refractivity contribution in [2.75, 3.05) is 18.5 Å². The molecule has 0 unspecified atom stereocenters. The van der Waals surface area contributed by atoms with E-state index in [2.05, 4.69) is 20.3 Å². The number of benzene rings is 1. The first-order chi connectivity index (χ1) is 16.1. The van der Waals surface area contributed by atoms with Crippen molar-refractivity contribution in [3.63, 3.8) is 0 Å². The van der Waals surface area contributed by atoms with Gasteiger partial charge in [-0.2, -0.15) is 4.98 Å². The van der Waals surface area contributed by atoms with Crippen LogP contribution in [0.25, 0.3) is 22.3 Å². The molecule has 3 heterocycles. The Balaban J connectivity index is 1.36. The number of rotatable bonds is 6. The fraction of sp³-hybridized carbons (Fsp3) is 0.292. The summed E-state index contributed by atoms with van der Waals surface area (Å²) in [5.41, 5.74) is 5.21. The van der Waals surface area contributed by atoms with Crippen LogP contribution >= 0.6 is 11.6 Å². The summed E-state index contributed by atoms with van der Waals surface area (Å²) in [6, 6.07) is 9.17. The number of fused-ring (bicyclic) bond motifs is 2. The number of hydrogen-bond acceptors (Lipinski definition) is 7. The van der Waals surface area contributed by atoms with Gasteiger partial charge in [0.2, 0.25) is 0 Å². The average molecular weight is 463 g/mol. The SMILES string of the molecule is Cn1c(OCCNc2c3c(nc4ccc(Cl)cc24)CCCC3)nc(-c2ccncn2)cc1=O. The summed E-state index contributed by atoms with van der Waals surface area (Å²) >= 11 is 6.28. The molecule has 5 rings (SSSR count). The second kappa shape index (κ2) is 9.15. The predicted molar refractivity (Wildman–Crippen MR) is 128 cm³/mol. The number of ether oxygens (including phenoxy) is 1. The Kier molecular flexibility index (Phi) is 5.92. The van der Waals surface area contributed by atoms with Gasteiger partial charge in [0.05, 0.1) is 16.9 Å². The molecule has 33 heavy (non-hydrogen) atoms. The van der Waals surface area contributed by atoms with Crippen LogP contribution in [0.2, 0.25) is 5.02 Å². The lowest BCUT2D eigenvalue weighted by Gasteiger charge is -2.22. The third kappa shape index (κ3) is 4.39. The smallest absolute Gasteiger partial charge is 0.299 e. The third-order valence-electron chi connectivity index (χ3n) is 5.80. The number of aromatic nitrogens is 5. The van der Waals surface area contributed by atoms with Gasteiger partial charge in [-0.25, -0.2) is 9.97 Å². The molecule has 0 fully saturated rings. The van der Waals surface area contributed by atoms with Gasteiger partial charge in [-0.3, -0.25) is 14.3 Å². The normalized spacial score (nSPS) is 13.0. The molecule has 3 aromatic heterocycles. The molecular formula is C24H23ClN6O2. The van der Waals surface area contributed by atoms with E-state index in [0.29, 0.717) is 29.6 Å². The maximum absolute atomic E-state index is 12.4. The van der Waals surface area contributed by atoms with E-state index in [1.165, 1.54) is 22.5 Å². The van der Waals surface area contributed by atoms with Crippen LogP contribution in [0.15, 0.2) is 47.7 Å². The second-order valence-corrected chi connectivity index (χ2v) is 8.41. The molecule has 168 valence electrons. The first kappa shape index (κ1) is 21.3. The van der Waals surface area contributed by atoms with Gasteiger partial charge >= 0.3 is 0 Å². The molecule has 0 saturated heterocycles. The van der Waals surface area contributed by atoms with Gasteiger partial charge in [0.1, 0.15) is 12.9 Å². The Morgan fingerprint density at radius 2 is 2.00 bits per heavy atom. The molecule has 0 radical (unpaired) electrons. The fourth-order valence-electron chi connectivity index (χ4n) is 4.14. The van der Waals surface area contributed by atoms with Crippen LogP contribution in [0.3, 0.4) is 0 Å². The van der Waals surface area contributed by atoms with Gasteiger partial charge in [0, 0.05) is 47.6 Å². The van der Waals surface area contributed by atoms with Crippen LogP contribution in [0.5, 0.6) is 6.01 Å². The summed E-state index contributed by atoms with van der Waals surface area (Å²) in [6.07, 6.45) is 7.31. The van der Waals surface area contributed by atoms with Gasteiger partial charge in [-0.15, -0.1) is 0 Å². The Morgan fingerprint density at radius 1 is 1.12 bits per heavy atom. The molecule has 0 aliphatic heterocycles. The van der Waals surface area contributed by atoms with Crippen LogP contribution in [0.1, 0.15) is 24.1 Å². The van der Waals surface area contributed by atoms with E-state index in [1.807, 2.05) is 18.2 Å². The van der Waals surface area contributed by atoms with Gasteiger partial charge in [-0.1, -0.05) is 11.6 Å². The molecule has 1 aliphatic rings. The Hall–Kier alpha value is -3.52. The third-order valence-corrected chi connectivity index (χ3v) is 6.03. The van der Waals surface area contributed by atoms with Gasteiger partial charge in [0.15, 0.2) is 0 Å². The van der Waals surface area contributed by atoms with Gasteiger partial charge in [0.25, 0.3) is 11.6 Å². The molecule has 9 heteroatoms. The number of aryl methyl sites for hydroxylation is 1. The van der Waals surface area contributed by atoms with E-state index in [4.69, 9.17) is 21.3 Å². The van der Waals surface area contributed by atoms with Crippen molar-refractivity contribution in [3.05, 3.63) is 69.5 Å². The zero-order chi connectivity index (χ0) is 22.8. The van der Waals surface area contributed by atoms with Crippen molar-refractivity contribution in [1.82, 2.24) is 24.5 Å². The maximum Gasteiger partial charge on any atom is 0.299 e. The average Bonchev–Trinajstić information content (AvgIpc) is 2.84. The van der Waals surface area contributed by atoms with E-state index >= 15 is 0 Å². The molecule has 0 amide bonds. The Labute approximate surface area is 195 Å². The highest BCUT2D eigenvalue weighted by Crippen LogP contribution is 2.34. The summed E-state index contributed by atoms with van der Waals surface area (Å²) in [4.78, 5) is 29.8. The standard InChI is InChI=1S/C24H23ClN6O2/c1-31-22(32)13-21(20-8-9-26-14-28-20)30-24(31)33-11-10-27-23-16-4-2-3-5-18(16)29-19-7-6-15(25)12-17(19)23/h6-9,12-14H,2-5,10-11H2,1H3,(H,27,29). The molecule has 8 nitrogen and oxygen atoms in total. The van der Waals surface area contributed by atoms with Crippen molar-refractivity contribution >= 4 is 28.2 Å². The summed E-state index contributed by atoms with van der Waals surface area (Å²) < 4.78 is 7.27. The van der Waals surface area contributed by atoms with Crippen molar-refractivity contribution in [3.8, 4) is 17.4 Å². The lowest BCUT2D eigenvalue weighted by molar-refractivity contribution is 0.290. The Bertz CT molecular complexity index is 1370. The highest BCUT2D eigenvalue weighted by molar-refractivity contribution is 6.31. The highest BCUT2D eigenvalue weighted by Gasteiger charge is 2.18. The summed E-state index contributed by atoms with van der Waals surface area (Å²) in [5, 5.41) is 5.23. The molecule has 4 aromatic rings. The molecule has 0 saturated carbocycles. The van der Waals surface area contributed by atoms with Crippen LogP contribution < -0.4 is 15.6 Å². The fourth-order valence-corrected chi connectivity index (χ4v) is 4.31. The van der Waals surface area contributed by atoms with Crippen molar-refractivity contribution < 1.29 is 4.74 Å². The minimum atomic E-state index is -0.217. The molecule has 1 N–H and O–H groups in total. The van der Waals surface area contributed by atoms with E-state index in [0.717, 1.165) is 48.0 Å². The largest absolute Gasteiger partial charge is 0.463 e. The highest BCUT2D eigenvalue weighted by atomic mass is 35.5. The zero-order valence-electron chi connectivity index (χ0n) is 18.2. The maximum atomic E-state index is 12.4. The molecule has 1 aliphatic carbocycles. The summed E-state index contributed by atoms with van der Waals surface area (Å²) in [7, 11) is 1.64. The number of anilines is 1. The topological polar surface area (TPSA) is 94.8 Å². The lowest BCUT2D eigenvalue weighted by atomic mass is 9.92. The second-order valence-electron chi connectivity index (χ2n) is 7.97. The zero-order valence-corrected chi connectivity index (χ0v) is 19.0. The lowest BCUT2D eigenvalue weighted by Crippen LogP contribution is -2.22. The number of nitrogens with one attached hydrogen (secondary N) is 1. The number of pyridine rings is 1. The van der Waals surface area contributed by atoms with Gasteiger partial charge in [-0.05, 0) is 55.5 Å². The van der Waals surface area contributed by atoms with Crippen molar-refractivity contribution in [1.29, 1.82) is 0 Å². The van der Waals surface area contributed by atoms with Crippen molar-refractivity contribution in [2.24, 2.45) is 7.05 Å². The Morgan fingerprint density at radius 3 is 2.85 bits per heavy atom. The first-order valence-corrected chi connectivity index (χ1v) is 11.3. The van der Waals surface area contributed by atoms with E-state index in [9.17, 15) is 4.79 Å². The first-order valence-electron chi connectivity index (χ1n) is 10.9. The van der Waals surface area contributed by atoms with E-state index in [1.54, 1.807) is 19.3 Å². The molecule has 1 aromatic carbocycles. The van der Waals surface area contributed by atoms with E-state index in [-0.39, 0.29) is 11.6 Å². The van der Waals surface area contributed by atoms with Crippen LogP contribution in [-0.4, -0.2) is 37.7 Å². The quantitative estimate of drug-likeness (QED) is 0.435. The predicted octanol–water partition coefficient (Wildman–Crippen LogP) is 3.81. The number of nitrogens with zero attached hydrogens (tertiary/aromatic N) is 5. The molecule has 0 atom stereocenters. The number of halogens is 1. The van der Waals surface area contributed by atoms with Crippen molar-refractivity contribution in [2.45, 2.75) is 25.7 Å². The molecular weight excluding hydrogens is 440 g/mol. The molecule has 0 bridgehead atoms. The summed E-state index contributed by atoms with van der Waals surface area (Å²) in [5.74, 6) is 0. The van der Waals surface area contributed by atoms with E-state index < -0.39 is 0 Å². The monoisotopic (exact) mass is 462 g/mol. The van der Waals surface area contributed by atoms with Crippen LogP contribution in [0.4, 0.5) is 5.69 Å². The number of hydrogen-bond donors (Lipinski definition) is 1. The van der Waals surface area contributed by atoms with Gasteiger partial charge < -0.3 is 10.1 Å². The summed E-state index contributed by atoms with van der Waals surface area (Å²) in [6.45, 7) is 0.859. The minimum absolute atomic E-state index is 0.217.